The van der Waals surface area contributed by atoms with Crippen LogP contribution in [-0.4, -0.2) is 51.2 Å². The van der Waals surface area contributed by atoms with E-state index in [0.717, 1.165) is 39.1 Å². The molecule has 0 aromatic carbocycles. The standard InChI is InChI=1S/C13H27NO3/c1-14-13(11-15)7-3-5-12(13)6-10-17-9-4-8-16-2/h12,14-15H,3-11H2,1-2H3. The average Bonchev–Trinajstić information content (AvgIpc) is 2.77. The molecule has 4 heteroatoms. The van der Waals surface area contributed by atoms with Crippen molar-refractivity contribution in [2.45, 2.75) is 37.6 Å². The minimum atomic E-state index is -0.0596. The van der Waals surface area contributed by atoms with Crippen molar-refractivity contribution >= 4 is 0 Å². The van der Waals surface area contributed by atoms with Crippen LogP contribution in [0.15, 0.2) is 0 Å². The summed E-state index contributed by atoms with van der Waals surface area (Å²) >= 11 is 0. The van der Waals surface area contributed by atoms with Crippen LogP contribution in [0.25, 0.3) is 0 Å². The molecule has 0 bridgehead atoms. The summed E-state index contributed by atoms with van der Waals surface area (Å²) in [7, 11) is 3.66. The highest BCUT2D eigenvalue weighted by Crippen LogP contribution is 2.37. The van der Waals surface area contributed by atoms with E-state index in [1.165, 1.54) is 12.8 Å². The minimum Gasteiger partial charge on any atom is -0.394 e. The number of aliphatic hydroxyl groups is 1. The number of rotatable bonds is 9. The number of hydrogen-bond acceptors (Lipinski definition) is 4. The SMILES string of the molecule is CNC1(CO)CCCC1CCOCCCOC. The molecular formula is C13H27NO3. The van der Waals surface area contributed by atoms with Gasteiger partial charge >= 0.3 is 0 Å². The van der Waals surface area contributed by atoms with E-state index < -0.39 is 0 Å². The van der Waals surface area contributed by atoms with Gasteiger partial charge in [0.05, 0.1) is 6.61 Å². The fourth-order valence-corrected chi connectivity index (χ4v) is 2.81. The molecule has 2 unspecified atom stereocenters. The zero-order chi connectivity index (χ0) is 12.6. The van der Waals surface area contributed by atoms with Crippen LogP contribution < -0.4 is 5.32 Å². The van der Waals surface area contributed by atoms with E-state index in [4.69, 9.17) is 9.47 Å². The Morgan fingerprint density at radius 3 is 2.82 bits per heavy atom. The molecule has 0 heterocycles. The molecule has 0 spiro atoms. The van der Waals surface area contributed by atoms with Gasteiger partial charge in [-0.3, -0.25) is 0 Å². The molecule has 1 aliphatic rings. The van der Waals surface area contributed by atoms with Crippen molar-refractivity contribution in [1.82, 2.24) is 5.32 Å². The smallest absolute Gasteiger partial charge is 0.0615 e. The zero-order valence-electron chi connectivity index (χ0n) is 11.2. The van der Waals surface area contributed by atoms with Gasteiger partial charge in [0.15, 0.2) is 0 Å². The number of methoxy groups -OCH3 is 1. The summed E-state index contributed by atoms with van der Waals surface area (Å²) in [6.45, 7) is 2.56. The first-order chi connectivity index (χ1) is 8.29. The van der Waals surface area contributed by atoms with Crippen molar-refractivity contribution in [2.75, 3.05) is 40.6 Å². The molecule has 4 nitrogen and oxygen atoms in total. The lowest BCUT2D eigenvalue weighted by Crippen LogP contribution is -2.49. The Labute approximate surface area is 105 Å². The highest BCUT2D eigenvalue weighted by atomic mass is 16.5. The van der Waals surface area contributed by atoms with E-state index in [1.807, 2.05) is 7.05 Å². The average molecular weight is 245 g/mol. The molecule has 2 atom stereocenters. The highest BCUT2D eigenvalue weighted by Gasteiger charge is 2.40. The van der Waals surface area contributed by atoms with Gasteiger partial charge in [0.2, 0.25) is 0 Å². The number of hydrogen-bond donors (Lipinski definition) is 2. The quantitative estimate of drug-likeness (QED) is 0.599. The molecule has 2 N–H and O–H groups in total. The Bertz CT molecular complexity index is 195. The molecule has 1 rings (SSSR count). The lowest BCUT2D eigenvalue weighted by molar-refractivity contribution is 0.0713. The molecule has 0 radical (unpaired) electrons. The van der Waals surface area contributed by atoms with Gasteiger partial charge in [0, 0.05) is 32.5 Å². The minimum absolute atomic E-state index is 0.0596. The van der Waals surface area contributed by atoms with E-state index >= 15 is 0 Å². The van der Waals surface area contributed by atoms with Gasteiger partial charge in [-0.25, -0.2) is 0 Å². The van der Waals surface area contributed by atoms with Gasteiger partial charge in [-0.15, -0.1) is 0 Å². The third-order valence-corrected chi connectivity index (χ3v) is 3.98. The molecule has 0 aromatic rings. The molecule has 1 aliphatic carbocycles. The summed E-state index contributed by atoms with van der Waals surface area (Å²) in [6.07, 6.45) is 5.47. The van der Waals surface area contributed by atoms with E-state index in [1.54, 1.807) is 7.11 Å². The Morgan fingerprint density at radius 1 is 1.35 bits per heavy atom. The van der Waals surface area contributed by atoms with E-state index in [2.05, 4.69) is 5.32 Å². The summed E-state index contributed by atoms with van der Waals surface area (Å²) in [6, 6.07) is 0. The summed E-state index contributed by atoms with van der Waals surface area (Å²) in [4.78, 5) is 0. The number of aliphatic hydroxyl groups excluding tert-OH is 1. The lowest BCUT2D eigenvalue weighted by Gasteiger charge is -2.33. The molecule has 17 heavy (non-hydrogen) atoms. The first-order valence-corrected chi connectivity index (χ1v) is 6.65. The maximum Gasteiger partial charge on any atom is 0.0615 e. The second kappa shape index (κ2) is 8.03. The van der Waals surface area contributed by atoms with Crippen LogP contribution >= 0.6 is 0 Å². The maximum absolute atomic E-state index is 9.54. The van der Waals surface area contributed by atoms with E-state index in [9.17, 15) is 5.11 Å². The Balaban J connectivity index is 2.17. The fraction of sp³-hybridized carbons (Fsp3) is 1.00. The van der Waals surface area contributed by atoms with Gasteiger partial charge in [-0.2, -0.15) is 0 Å². The molecule has 1 fully saturated rings. The maximum atomic E-state index is 9.54. The normalized spacial score (nSPS) is 28.8. The Kier molecular flexibility index (Phi) is 7.04. The summed E-state index contributed by atoms with van der Waals surface area (Å²) in [5.74, 6) is 0.542. The van der Waals surface area contributed by atoms with Gasteiger partial charge in [-0.05, 0) is 38.6 Å². The molecular weight excluding hydrogens is 218 g/mol. The van der Waals surface area contributed by atoms with Crippen molar-refractivity contribution in [2.24, 2.45) is 5.92 Å². The number of nitrogens with one attached hydrogen (secondary N) is 1. The first-order valence-electron chi connectivity index (χ1n) is 6.65. The number of ether oxygens (including phenoxy) is 2. The second-order valence-electron chi connectivity index (χ2n) is 4.90. The van der Waals surface area contributed by atoms with E-state index in [-0.39, 0.29) is 12.1 Å². The van der Waals surface area contributed by atoms with Crippen LogP contribution in [0.2, 0.25) is 0 Å². The highest BCUT2D eigenvalue weighted by molar-refractivity contribution is 4.97. The number of likely N-dealkylation sites (N-methyl/N-ethyl adjacent to an activating group) is 1. The van der Waals surface area contributed by atoms with Gasteiger partial charge in [0.1, 0.15) is 0 Å². The lowest BCUT2D eigenvalue weighted by atomic mass is 9.86. The topological polar surface area (TPSA) is 50.7 Å². The predicted molar refractivity (Wildman–Crippen MR) is 68.1 cm³/mol. The van der Waals surface area contributed by atoms with Crippen LogP contribution in [0.3, 0.4) is 0 Å². The Hall–Kier alpha value is -0.160. The van der Waals surface area contributed by atoms with Gasteiger partial charge in [-0.1, -0.05) is 6.42 Å². The summed E-state index contributed by atoms with van der Waals surface area (Å²) < 4.78 is 10.6. The molecule has 0 saturated heterocycles. The summed E-state index contributed by atoms with van der Waals surface area (Å²) in [5, 5.41) is 12.9. The monoisotopic (exact) mass is 245 g/mol. The van der Waals surface area contributed by atoms with Crippen molar-refractivity contribution < 1.29 is 14.6 Å². The molecule has 0 aliphatic heterocycles. The molecule has 102 valence electrons. The van der Waals surface area contributed by atoms with Gasteiger partial charge < -0.3 is 19.9 Å². The van der Waals surface area contributed by atoms with E-state index in [0.29, 0.717) is 5.92 Å². The van der Waals surface area contributed by atoms with Crippen LogP contribution in [0.1, 0.15) is 32.1 Å². The fourth-order valence-electron chi connectivity index (χ4n) is 2.81. The van der Waals surface area contributed by atoms with Crippen molar-refractivity contribution in [3.63, 3.8) is 0 Å². The third kappa shape index (κ3) is 4.21. The van der Waals surface area contributed by atoms with Crippen molar-refractivity contribution in [3.05, 3.63) is 0 Å². The van der Waals surface area contributed by atoms with Gasteiger partial charge in [0.25, 0.3) is 0 Å². The molecule has 0 amide bonds. The van der Waals surface area contributed by atoms with Crippen LogP contribution in [0, 0.1) is 5.92 Å². The second-order valence-corrected chi connectivity index (χ2v) is 4.90. The van der Waals surface area contributed by atoms with Crippen molar-refractivity contribution in [1.29, 1.82) is 0 Å². The first kappa shape index (κ1) is 14.9. The summed E-state index contributed by atoms with van der Waals surface area (Å²) in [5.41, 5.74) is -0.0596. The predicted octanol–water partition coefficient (Wildman–Crippen LogP) is 1.18. The zero-order valence-corrected chi connectivity index (χ0v) is 11.2. The van der Waals surface area contributed by atoms with Crippen LogP contribution in [0.5, 0.6) is 0 Å². The third-order valence-electron chi connectivity index (χ3n) is 3.98. The van der Waals surface area contributed by atoms with Crippen LogP contribution in [0.4, 0.5) is 0 Å². The molecule has 0 aromatic heterocycles. The largest absolute Gasteiger partial charge is 0.394 e. The van der Waals surface area contributed by atoms with Crippen molar-refractivity contribution in [3.8, 4) is 0 Å². The Morgan fingerprint density at radius 2 is 2.18 bits per heavy atom. The van der Waals surface area contributed by atoms with Crippen LogP contribution in [-0.2, 0) is 9.47 Å². The molecule has 1 saturated carbocycles.